The molecule has 0 amide bonds. The first-order valence-electron chi connectivity index (χ1n) is 9.58. The Morgan fingerprint density at radius 2 is 1.88 bits per heavy atom. The number of hydrogen-bond acceptors (Lipinski definition) is 5. The Morgan fingerprint density at radius 1 is 1.12 bits per heavy atom. The molecule has 2 fully saturated rings. The number of ketones is 1. The molecule has 0 aliphatic heterocycles. The van der Waals surface area contributed by atoms with E-state index in [0.717, 1.165) is 17.7 Å². The van der Waals surface area contributed by atoms with Crippen molar-refractivity contribution in [1.82, 2.24) is 5.48 Å². The number of fused-ring (bicyclic) bond motifs is 1. The number of carbonyl (C=O) groups is 2. The summed E-state index contributed by atoms with van der Waals surface area (Å²) in [7, 11) is 0. The number of aliphatic hydroxyl groups is 1. The van der Waals surface area contributed by atoms with Crippen molar-refractivity contribution in [1.29, 1.82) is 0 Å². The number of Topliss-reactive ketones (excluding diaryl/α,β-unsaturated/α-hetero) is 1. The van der Waals surface area contributed by atoms with Gasteiger partial charge in [0.05, 0.1) is 19.1 Å². The van der Waals surface area contributed by atoms with Gasteiger partial charge in [-0.1, -0.05) is 32.1 Å². The van der Waals surface area contributed by atoms with Gasteiger partial charge in [-0.3, -0.25) is 19.9 Å². The number of hydrogen-bond donors (Lipinski definition) is 3. The minimum absolute atomic E-state index is 0.0516. The summed E-state index contributed by atoms with van der Waals surface area (Å²) in [5.41, 5.74) is 4.80. The molecule has 0 radical (unpaired) electrons. The van der Waals surface area contributed by atoms with Crippen molar-refractivity contribution in [2.75, 3.05) is 6.61 Å². The van der Waals surface area contributed by atoms with Gasteiger partial charge in [-0.05, 0) is 30.8 Å². The summed E-state index contributed by atoms with van der Waals surface area (Å²) < 4.78 is 0. The van der Waals surface area contributed by atoms with Crippen LogP contribution in [0.3, 0.4) is 0 Å². The summed E-state index contributed by atoms with van der Waals surface area (Å²) in [6.45, 7) is 0.100. The van der Waals surface area contributed by atoms with Gasteiger partial charge in [0.2, 0.25) is 0 Å². The Labute approximate surface area is 148 Å². The quantitative estimate of drug-likeness (QED) is 0.436. The second-order valence-electron chi connectivity index (χ2n) is 7.72. The van der Waals surface area contributed by atoms with E-state index in [1.54, 1.807) is 0 Å². The van der Waals surface area contributed by atoms with Gasteiger partial charge < -0.3 is 10.2 Å². The second kappa shape index (κ2) is 8.32. The van der Waals surface area contributed by atoms with Crippen molar-refractivity contribution in [2.45, 2.75) is 70.3 Å². The maximum atomic E-state index is 12.6. The molecule has 3 aliphatic carbocycles. The zero-order chi connectivity index (χ0) is 17.8. The SMILES string of the molecule is O=C(O)CCONC1=C2C[C@H](C(=O)CCC3CCCCC3)C(O)[C@@H]2C1. The summed E-state index contributed by atoms with van der Waals surface area (Å²) >= 11 is 0. The molecule has 6 heteroatoms. The van der Waals surface area contributed by atoms with Gasteiger partial charge >= 0.3 is 5.97 Å². The first-order valence-corrected chi connectivity index (χ1v) is 9.58. The van der Waals surface area contributed by atoms with Gasteiger partial charge in [0, 0.05) is 24.0 Å². The van der Waals surface area contributed by atoms with E-state index < -0.39 is 12.1 Å². The smallest absolute Gasteiger partial charge is 0.305 e. The van der Waals surface area contributed by atoms with Gasteiger partial charge in [0.15, 0.2) is 0 Å². The lowest BCUT2D eigenvalue weighted by Gasteiger charge is -2.30. The number of nitrogens with one attached hydrogen (secondary N) is 1. The Kier molecular flexibility index (Phi) is 6.12. The Morgan fingerprint density at radius 3 is 2.60 bits per heavy atom. The van der Waals surface area contributed by atoms with Gasteiger partial charge in [-0.15, -0.1) is 0 Å². The molecule has 0 heterocycles. The van der Waals surface area contributed by atoms with Crippen LogP contribution >= 0.6 is 0 Å². The maximum absolute atomic E-state index is 12.6. The summed E-state index contributed by atoms with van der Waals surface area (Å²) in [6, 6.07) is 0. The molecular weight excluding hydrogens is 322 g/mol. The molecule has 1 unspecified atom stereocenters. The summed E-state index contributed by atoms with van der Waals surface area (Å²) in [4.78, 5) is 28.2. The normalized spacial score (nSPS) is 29.2. The third-order valence-corrected chi connectivity index (χ3v) is 6.07. The predicted octanol–water partition coefficient (Wildman–Crippen LogP) is 2.57. The van der Waals surface area contributed by atoms with E-state index in [2.05, 4.69) is 5.48 Å². The minimum Gasteiger partial charge on any atom is -0.481 e. The fourth-order valence-corrected chi connectivity index (χ4v) is 4.50. The third-order valence-electron chi connectivity index (χ3n) is 6.07. The van der Waals surface area contributed by atoms with Crippen LogP contribution in [0.5, 0.6) is 0 Å². The summed E-state index contributed by atoms with van der Waals surface area (Å²) in [5.74, 6) is -0.222. The van der Waals surface area contributed by atoms with Crippen LogP contribution in [0.4, 0.5) is 0 Å². The monoisotopic (exact) mass is 351 g/mol. The molecule has 0 saturated heterocycles. The molecule has 2 saturated carbocycles. The first kappa shape index (κ1) is 18.4. The number of hydroxylamine groups is 1. The van der Waals surface area contributed by atoms with E-state index in [4.69, 9.17) is 9.94 Å². The fourth-order valence-electron chi connectivity index (χ4n) is 4.50. The maximum Gasteiger partial charge on any atom is 0.305 e. The van der Waals surface area contributed by atoms with Crippen LogP contribution in [0.15, 0.2) is 11.3 Å². The molecule has 0 bridgehead atoms. The Balaban J connectivity index is 1.44. The summed E-state index contributed by atoms with van der Waals surface area (Å²) in [6.07, 6.45) is 8.61. The largest absolute Gasteiger partial charge is 0.481 e. The molecule has 0 aromatic rings. The minimum atomic E-state index is -0.897. The molecule has 3 atom stereocenters. The van der Waals surface area contributed by atoms with E-state index in [1.807, 2.05) is 0 Å². The van der Waals surface area contributed by atoms with Gasteiger partial charge in [-0.2, -0.15) is 0 Å². The van der Waals surface area contributed by atoms with E-state index in [-0.39, 0.29) is 30.6 Å². The fraction of sp³-hybridized carbons (Fsp3) is 0.789. The van der Waals surface area contributed by atoms with Crippen molar-refractivity contribution in [3.8, 4) is 0 Å². The number of allylic oxidation sites excluding steroid dienone is 1. The van der Waals surface area contributed by atoms with Crippen molar-refractivity contribution in [2.24, 2.45) is 17.8 Å². The van der Waals surface area contributed by atoms with Crippen LogP contribution in [0.2, 0.25) is 0 Å². The summed E-state index contributed by atoms with van der Waals surface area (Å²) in [5, 5.41) is 19.0. The molecule has 0 aromatic carbocycles. The highest BCUT2D eigenvalue weighted by molar-refractivity contribution is 5.83. The van der Waals surface area contributed by atoms with Crippen molar-refractivity contribution >= 4 is 11.8 Å². The van der Waals surface area contributed by atoms with Crippen molar-refractivity contribution < 1.29 is 24.6 Å². The number of carboxylic acid groups (broad SMARTS) is 1. The standard InChI is InChI=1S/C19H29NO5/c21-17(7-6-12-4-2-1-3-5-12)15-10-13-14(19(15)24)11-16(13)20-25-9-8-18(22)23/h12,14-15,19-20,24H,1-11H2,(H,22,23)/t14-,15-,19?/m1/s1. The lowest BCUT2D eigenvalue weighted by molar-refractivity contribution is -0.138. The van der Waals surface area contributed by atoms with Crippen LogP contribution < -0.4 is 5.48 Å². The third kappa shape index (κ3) is 4.42. The van der Waals surface area contributed by atoms with Crippen LogP contribution in [-0.2, 0) is 14.4 Å². The molecule has 6 nitrogen and oxygen atoms in total. The topological polar surface area (TPSA) is 95.9 Å². The molecule has 0 spiro atoms. The zero-order valence-corrected chi connectivity index (χ0v) is 14.7. The zero-order valence-electron chi connectivity index (χ0n) is 14.7. The van der Waals surface area contributed by atoms with Crippen molar-refractivity contribution in [3.05, 3.63) is 11.3 Å². The van der Waals surface area contributed by atoms with E-state index in [1.165, 1.54) is 32.1 Å². The molecule has 3 aliphatic rings. The molecule has 0 aromatic heterocycles. The van der Waals surface area contributed by atoms with Crippen LogP contribution in [0, 0.1) is 17.8 Å². The number of aliphatic hydroxyl groups excluding tert-OH is 1. The number of aliphatic carboxylic acids is 1. The molecule has 3 rings (SSSR count). The van der Waals surface area contributed by atoms with Crippen molar-refractivity contribution in [3.63, 3.8) is 0 Å². The van der Waals surface area contributed by atoms with Gasteiger partial charge in [0.25, 0.3) is 0 Å². The number of rotatable bonds is 9. The Hall–Kier alpha value is -1.40. The average Bonchev–Trinajstić information content (AvgIpc) is 2.84. The predicted molar refractivity (Wildman–Crippen MR) is 91.4 cm³/mol. The van der Waals surface area contributed by atoms with Crippen LogP contribution in [0.1, 0.15) is 64.2 Å². The lowest BCUT2D eigenvalue weighted by Crippen LogP contribution is -2.33. The van der Waals surface area contributed by atoms with E-state index in [9.17, 15) is 14.7 Å². The van der Waals surface area contributed by atoms with E-state index in [0.29, 0.717) is 25.2 Å². The first-order chi connectivity index (χ1) is 12.1. The van der Waals surface area contributed by atoms with Gasteiger partial charge in [-0.25, -0.2) is 0 Å². The number of carboxylic acids is 1. The molecule has 3 N–H and O–H groups in total. The average molecular weight is 351 g/mol. The van der Waals surface area contributed by atoms with E-state index >= 15 is 0 Å². The van der Waals surface area contributed by atoms with Crippen LogP contribution in [-0.4, -0.2) is 34.7 Å². The lowest BCUT2D eigenvalue weighted by atomic mass is 9.82. The highest BCUT2D eigenvalue weighted by Gasteiger charge is 2.48. The van der Waals surface area contributed by atoms with Gasteiger partial charge in [0.1, 0.15) is 5.78 Å². The molecular formula is C19H29NO5. The van der Waals surface area contributed by atoms with Crippen LogP contribution in [0.25, 0.3) is 0 Å². The number of carbonyl (C=O) groups excluding carboxylic acids is 1. The molecule has 25 heavy (non-hydrogen) atoms. The Bertz CT molecular complexity index is 538. The highest BCUT2D eigenvalue weighted by Crippen LogP contribution is 2.49. The molecule has 140 valence electrons. The highest BCUT2D eigenvalue weighted by atomic mass is 16.6. The second-order valence-corrected chi connectivity index (χ2v) is 7.72.